The average Bonchev–Trinajstić information content (AvgIpc) is 2.10. The maximum absolute atomic E-state index is 10.0. The molecule has 0 amide bonds. The smallest absolute Gasteiger partial charge is 0.0891 e. The van der Waals surface area contributed by atoms with E-state index in [1.54, 1.807) is 0 Å². The highest BCUT2D eigenvalue weighted by atomic mass is 16.3. The molecule has 0 aliphatic rings. The van der Waals surface area contributed by atoms with Crippen LogP contribution in [0, 0.1) is 4.91 Å². The van der Waals surface area contributed by atoms with Gasteiger partial charge in [-0.25, -0.2) is 0 Å². The van der Waals surface area contributed by atoms with E-state index in [1.807, 2.05) is 6.92 Å². The van der Waals surface area contributed by atoms with Crippen molar-refractivity contribution in [3.63, 3.8) is 0 Å². The third-order valence-electron chi connectivity index (χ3n) is 2.16. The van der Waals surface area contributed by atoms with Crippen molar-refractivity contribution in [2.24, 2.45) is 5.18 Å². The third-order valence-corrected chi connectivity index (χ3v) is 2.16. The molecule has 1 unspecified atom stereocenters. The second-order valence-corrected chi connectivity index (χ2v) is 3.51. The summed E-state index contributed by atoms with van der Waals surface area (Å²) in [5.41, 5.74) is 0. The van der Waals surface area contributed by atoms with Gasteiger partial charge in [0, 0.05) is 0 Å². The van der Waals surface area contributed by atoms with E-state index < -0.39 is 0 Å². The summed E-state index contributed by atoms with van der Waals surface area (Å²) >= 11 is 0. The van der Waals surface area contributed by atoms with Crippen molar-refractivity contribution in [2.75, 3.05) is 0 Å². The molecule has 0 fully saturated rings. The van der Waals surface area contributed by atoms with Gasteiger partial charge in [-0.3, -0.25) is 0 Å². The first-order chi connectivity index (χ1) is 5.81. The van der Waals surface area contributed by atoms with Crippen LogP contribution in [0.3, 0.4) is 0 Å². The van der Waals surface area contributed by atoms with Gasteiger partial charge in [-0.15, -0.1) is 0 Å². The van der Waals surface area contributed by atoms with Gasteiger partial charge in [-0.2, -0.15) is 4.91 Å². The topological polar surface area (TPSA) is 29.4 Å². The van der Waals surface area contributed by atoms with Crippen molar-refractivity contribution in [1.29, 1.82) is 0 Å². The lowest BCUT2D eigenvalue weighted by molar-refractivity contribution is 0.553. The number of rotatable bonds is 8. The van der Waals surface area contributed by atoms with Gasteiger partial charge in [0.25, 0.3) is 0 Å². The van der Waals surface area contributed by atoms with E-state index in [9.17, 15) is 4.91 Å². The Bertz CT molecular complexity index is 104. The van der Waals surface area contributed by atoms with Crippen LogP contribution in [-0.2, 0) is 0 Å². The summed E-state index contributed by atoms with van der Waals surface area (Å²) in [7, 11) is 0. The number of hydrogen-bond acceptors (Lipinski definition) is 2. The fourth-order valence-electron chi connectivity index (χ4n) is 1.27. The van der Waals surface area contributed by atoms with Gasteiger partial charge in [-0.05, 0) is 13.3 Å². The molecule has 0 aromatic heterocycles. The molecule has 12 heavy (non-hydrogen) atoms. The molecule has 0 aromatic carbocycles. The van der Waals surface area contributed by atoms with Gasteiger partial charge in [0.2, 0.25) is 0 Å². The number of hydrogen-bond donors (Lipinski definition) is 0. The first kappa shape index (κ1) is 11.6. The Morgan fingerprint density at radius 2 is 1.67 bits per heavy atom. The average molecular weight is 171 g/mol. The van der Waals surface area contributed by atoms with E-state index in [-0.39, 0.29) is 6.04 Å². The lowest BCUT2D eigenvalue weighted by atomic mass is 10.1. The zero-order valence-corrected chi connectivity index (χ0v) is 8.38. The molecule has 0 spiro atoms. The van der Waals surface area contributed by atoms with Crippen LogP contribution in [0.4, 0.5) is 0 Å². The normalized spacial score (nSPS) is 12.8. The summed E-state index contributed by atoms with van der Waals surface area (Å²) < 4.78 is 0. The number of nitroso groups, excluding NO2 is 1. The molecule has 2 heteroatoms. The predicted molar refractivity (Wildman–Crippen MR) is 53.3 cm³/mol. The lowest BCUT2D eigenvalue weighted by Gasteiger charge is -2.01. The molecule has 0 radical (unpaired) electrons. The Kier molecular flexibility index (Phi) is 8.40. The lowest BCUT2D eigenvalue weighted by Crippen LogP contribution is -1.95. The van der Waals surface area contributed by atoms with Crippen LogP contribution in [0.25, 0.3) is 0 Å². The molecule has 0 heterocycles. The molecular weight excluding hydrogens is 150 g/mol. The van der Waals surface area contributed by atoms with E-state index in [0.29, 0.717) is 0 Å². The van der Waals surface area contributed by atoms with E-state index in [1.165, 1.54) is 32.1 Å². The summed E-state index contributed by atoms with van der Waals surface area (Å²) in [5, 5.41) is 2.97. The summed E-state index contributed by atoms with van der Waals surface area (Å²) in [6.45, 7) is 4.11. The maximum atomic E-state index is 10.0. The first-order valence-electron chi connectivity index (χ1n) is 5.13. The monoisotopic (exact) mass is 171 g/mol. The SMILES string of the molecule is CCCCCCCCC(C)N=O. The summed E-state index contributed by atoms with van der Waals surface area (Å²) in [5.74, 6) is 0. The molecule has 0 saturated heterocycles. The van der Waals surface area contributed by atoms with Crippen LogP contribution >= 0.6 is 0 Å². The molecule has 0 aromatic rings. The van der Waals surface area contributed by atoms with Crippen LogP contribution in [0.1, 0.15) is 58.8 Å². The van der Waals surface area contributed by atoms with Gasteiger partial charge in [0.05, 0.1) is 6.04 Å². The molecule has 0 rings (SSSR count). The molecule has 0 aliphatic carbocycles. The first-order valence-corrected chi connectivity index (χ1v) is 5.13. The fraction of sp³-hybridized carbons (Fsp3) is 1.00. The number of unbranched alkanes of at least 4 members (excludes halogenated alkanes) is 5. The summed E-state index contributed by atoms with van der Waals surface area (Å²) in [4.78, 5) is 10.0. The van der Waals surface area contributed by atoms with E-state index >= 15 is 0 Å². The van der Waals surface area contributed by atoms with Crippen molar-refractivity contribution in [2.45, 2.75) is 64.8 Å². The van der Waals surface area contributed by atoms with E-state index in [4.69, 9.17) is 0 Å². The highest BCUT2D eigenvalue weighted by Crippen LogP contribution is 2.09. The maximum Gasteiger partial charge on any atom is 0.0891 e. The van der Waals surface area contributed by atoms with Gasteiger partial charge >= 0.3 is 0 Å². The minimum atomic E-state index is 0.0242. The van der Waals surface area contributed by atoms with E-state index in [0.717, 1.165) is 12.8 Å². The van der Waals surface area contributed by atoms with Gasteiger partial charge in [0.1, 0.15) is 0 Å². The van der Waals surface area contributed by atoms with Crippen LogP contribution in [0.15, 0.2) is 5.18 Å². The van der Waals surface area contributed by atoms with Crippen LogP contribution in [-0.4, -0.2) is 6.04 Å². The van der Waals surface area contributed by atoms with Crippen LogP contribution < -0.4 is 0 Å². The van der Waals surface area contributed by atoms with Gasteiger partial charge in [0.15, 0.2) is 0 Å². The Hall–Kier alpha value is -0.400. The second kappa shape index (κ2) is 8.69. The highest BCUT2D eigenvalue weighted by molar-refractivity contribution is 4.57. The molecule has 2 nitrogen and oxygen atoms in total. The van der Waals surface area contributed by atoms with Crippen molar-refractivity contribution >= 4 is 0 Å². The Morgan fingerprint density at radius 3 is 2.25 bits per heavy atom. The predicted octanol–water partition coefficient (Wildman–Crippen LogP) is 3.89. The fourth-order valence-corrected chi connectivity index (χ4v) is 1.27. The standard InChI is InChI=1S/C10H21NO/c1-3-4-5-6-7-8-9-10(2)11-12/h10H,3-9H2,1-2H3. The Labute approximate surface area is 75.7 Å². The van der Waals surface area contributed by atoms with Crippen molar-refractivity contribution in [3.05, 3.63) is 4.91 Å². The largest absolute Gasteiger partial charge is 0.151 e. The molecule has 0 bridgehead atoms. The summed E-state index contributed by atoms with van der Waals surface area (Å²) in [6, 6.07) is 0.0242. The van der Waals surface area contributed by atoms with Gasteiger partial charge in [-0.1, -0.05) is 50.6 Å². The minimum Gasteiger partial charge on any atom is -0.151 e. The summed E-state index contributed by atoms with van der Waals surface area (Å²) in [6.07, 6.45) is 8.71. The minimum absolute atomic E-state index is 0.0242. The van der Waals surface area contributed by atoms with Crippen LogP contribution in [0.5, 0.6) is 0 Å². The zero-order chi connectivity index (χ0) is 9.23. The van der Waals surface area contributed by atoms with Gasteiger partial charge < -0.3 is 0 Å². The quantitative estimate of drug-likeness (QED) is 0.402. The van der Waals surface area contributed by atoms with Crippen molar-refractivity contribution < 1.29 is 0 Å². The zero-order valence-electron chi connectivity index (χ0n) is 8.38. The highest BCUT2D eigenvalue weighted by Gasteiger charge is 1.98. The van der Waals surface area contributed by atoms with Crippen molar-refractivity contribution in [3.8, 4) is 0 Å². The second-order valence-electron chi connectivity index (χ2n) is 3.51. The molecular formula is C10H21NO. The third kappa shape index (κ3) is 7.70. The number of nitrogens with zero attached hydrogens (tertiary/aromatic N) is 1. The van der Waals surface area contributed by atoms with E-state index in [2.05, 4.69) is 12.1 Å². The van der Waals surface area contributed by atoms with Crippen LogP contribution in [0.2, 0.25) is 0 Å². The Balaban J connectivity index is 2.95. The molecule has 0 saturated carbocycles. The molecule has 72 valence electrons. The molecule has 1 atom stereocenters. The molecule has 0 N–H and O–H groups in total. The Morgan fingerprint density at radius 1 is 1.08 bits per heavy atom. The van der Waals surface area contributed by atoms with Crippen molar-refractivity contribution in [1.82, 2.24) is 0 Å². The molecule has 0 aliphatic heterocycles.